The molecule has 2 aromatic rings. The molecule has 0 radical (unpaired) electrons. The molecule has 0 bridgehead atoms. The lowest BCUT2D eigenvalue weighted by Crippen LogP contribution is -2.66. The maximum absolute atomic E-state index is 14.2. The molecule has 2 aliphatic heterocycles. The first-order valence-corrected chi connectivity index (χ1v) is 14.2. The fraction of sp³-hybridized carbons (Fsp3) is 0.467. The summed E-state index contributed by atoms with van der Waals surface area (Å²) in [5.41, 5.74) is 1.96. The number of carboxylic acids is 1. The molecule has 2 unspecified atom stereocenters. The van der Waals surface area contributed by atoms with Crippen molar-refractivity contribution in [3.63, 3.8) is 0 Å². The number of pyridine rings is 1. The molecule has 1 aromatic carbocycles. The normalized spacial score (nSPS) is 18.9. The molecule has 2 saturated heterocycles. The number of aromatic nitrogens is 1. The van der Waals surface area contributed by atoms with E-state index in [-0.39, 0.29) is 25.4 Å². The zero-order chi connectivity index (χ0) is 30.9. The molecule has 230 valence electrons. The Balaban J connectivity index is 1.55. The van der Waals surface area contributed by atoms with Crippen molar-refractivity contribution in [1.82, 2.24) is 24.6 Å². The molecule has 13 nitrogen and oxygen atoms in total. The number of carbonyl (C=O) groups is 5. The van der Waals surface area contributed by atoms with Gasteiger partial charge in [0.05, 0.1) is 12.5 Å². The van der Waals surface area contributed by atoms with Gasteiger partial charge < -0.3 is 34.2 Å². The molecular weight excluding hydrogens is 556 g/mol. The number of hydrogen-bond acceptors (Lipinski definition) is 9. The zero-order valence-corrected chi connectivity index (χ0v) is 24.4. The van der Waals surface area contributed by atoms with Crippen LogP contribution >= 0.6 is 0 Å². The summed E-state index contributed by atoms with van der Waals surface area (Å²) in [6.07, 6.45) is 2.45. The predicted molar refractivity (Wildman–Crippen MR) is 156 cm³/mol. The Hall–Kier alpha value is -4.36. The third-order valence-electron chi connectivity index (χ3n) is 7.96. The molecule has 0 saturated carbocycles. The van der Waals surface area contributed by atoms with Crippen LogP contribution in [0.25, 0.3) is 0 Å². The Kier molecular flexibility index (Phi) is 10.8. The van der Waals surface area contributed by atoms with Crippen LogP contribution in [0.1, 0.15) is 12.0 Å². The first kappa shape index (κ1) is 31.6. The SMILES string of the molecule is COC(C=O)[C@H]1C(=O)N(CC(=O)O)CCN1C(=O)C(CC(=O)N1CCN(c2ccncc2)CC1)N(C)Cc1ccccc1. The van der Waals surface area contributed by atoms with Crippen LogP contribution in [0.4, 0.5) is 5.69 Å². The van der Waals surface area contributed by atoms with E-state index in [2.05, 4.69) is 9.88 Å². The van der Waals surface area contributed by atoms with Crippen LogP contribution in [0.2, 0.25) is 0 Å². The summed E-state index contributed by atoms with van der Waals surface area (Å²) >= 11 is 0. The molecular formula is C30H38N6O7. The number of carboxylic acid groups (broad SMARTS) is 1. The number of aliphatic carboxylic acids is 1. The van der Waals surface area contributed by atoms with E-state index in [1.165, 1.54) is 12.0 Å². The Labute approximate surface area is 250 Å². The van der Waals surface area contributed by atoms with Crippen molar-refractivity contribution in [3.05, 3.63) is 60.4 Å². The lowest BCUT2D eigenvalue weighted by Gasteiger charge is -2.44. The predicted octanol–water partition coefficient (Wildman–Crippen LogP) is -0.0412. The Morgan fingerprint density at radius 1 is 1.05 bits per heavy atom. The molecule has 0 aliphatic carbocycles. The highest BCUT2D eigenvalue weighted by molar-refractivity contribution is 5.96. The van der Waals surface area contributed by atoms with Crippen molar-refractivity contribution < 1.29 is 33.8 Å². The van der Waals surface area contributed by atoms with Gasteiger partial charge in [0.2, 0.25) is 17.7 Å². The minimum absolute atomic E-state index is 0.00923. The summed E-state index contributed by atoms with van der Waals surface area (Å²) in [5, 5.41) is 9.27. The first-order chi connectivity index (χ1) is 20.7. The van der Waals surface area contributed by atoms with Crippen LogP contribution < -0.4 is 4.90 Å². The van der Waals surface area contributed by atoms with Crippen molar-refractivity contribution >= 4 is 35.7 Å². The number of methoxy groups -OCH3 is 1. The van der Waals surface area contributed by atoms with E-state index in [9.17, 15) is 29.1 Å². The van der Waals surface area contributed by atoms with Gasteiger partial charge in [-0.05, 0) is 24.7 Å². The number of hydrogen-bond donors (Lipinski definition) is 1. The van der Waals surface area contributed by atoms with Gasteiger partial charge in [-0.15, -0.1) is 0 Å². The molecule has 4 rings (SSSR count). The molecule has 43 heavy (non-hydrogen) atoms. The largest absolute Gasteiger partial charge is 0.480 e. The van der Waals surface area contributed by atoms with E-state index < -0.39 is 42.5 Å². The monoisotopic (exact) mass is 594 g/mol. The summed E-state index contributed by atoms with van der Waals surface area (Å²) in [4.78, 5) is 76.6. The van der Waals surface area contributed by atoms with E-state index >= 15 is 0 Å². The van der Waals surface area contributed by atoms with E-state index in [0.29, 0.717) is 39.0 Å². The summed E-state index contributed by atoms with van der Waals surface area (Å²) < 4.78 is 5.25. The average molecular weight is 595 g/mol. The van der Waals surface area contributed by atoms with E-state index in [1.54, 1.807) is 29.2 Å². The van der Waals surface area contributed by atoms with Gasteiger partial charge in [-0.25, -0.2) is 0 Å². The summed E-state index contributed by atoms with van der Waals surface area (Å²) in [6.45, 7) is 1.99. The number of nitrogens with zero attached hydrogens (tertiary/aromatic N) is 6. The van der Waals surface area contributed by atoms with Crippen molar-refractivity contribution in [3.8, 4) is 0 Å². The lowest BCUT2D eigenvalue weighted by molar-refractivity contribution is -0.164. The highest BCUT2D eigenvalue weighted by atomic mass is 16.5. The summed E-state index contributed by atoms with van der Waals surface area (Å²) in [5.74, 6) is -2.59. The van der Waals surface area contributed by atoms with Gasteiger partial charge in [0.15, 0.2) is 6.29 Å². The molecule has 13 heteroatoms. The number of amides is 3. The Morgan fingerprint density at radius 3 is 2.33 bits per heavy atom. The van der Waals surface area contributed by atoms with Gasteiger partial charge in [-0.3, -0.25) is 29.1 Å². The molecule has 2 aliphatic rings. The Morgan fingerprint density at radius 2 is 1.72 bits per heavy atom. The fourth-order valence-corrected chi connectivity index (χ4v) is 5.61. The van der Waals surface area contributed by atoms with E-state index in [1.807, 2.05) is 42.5 Å². The van der Waals surface area contributed by atoms with Gasteiger partial charge in [0.1, 0.15) is 18.7 Å². The number of ether oxygens (including phenoxy) is 1. The number of rotatable bonds is 12. The number of piperazine rings is 2. The minimum atomic E-state index is -1.35. The van der Waals surface area contributed by atoms with Crippen molar-refractivity contribution in [1.29, 1.82) is 0 Å². The maximum Gasteiger partial charge on any atom is 0.323 e. The minimum Gasteiger partial charge on any atom is -0.480 e. The highest BCUT2D eigenvalue weighted by Gasteiger charge is 2.45. The zero-order valence-electron chi connectivity index (χ0n) is 24.4. The third kappa shape index (κ3) is 7.73. The second kappa shape index (κ2) is 14.7. The highest BCUT2D eigenvalue weighted by Crippen LogP contribution is 2.22. The van der Waals surface area contributed by atoms with Gasteiger partial charge in [0, 0.05) is 71.0 Å². The van der Waals surface area contributed by atoms with Crippen LogP contribution in [-0.4, -0.2) is 138 Å². The molecule has 3 amide bonds. The topological polar surface area (TPSA) is 144 Å². The van der Waals surface area contributed by atoms with Crippen molar-refractivity contribution in [2.75, 3.05) is 64.9 Å². The van der Waals surface area contributed by atoms with Crippen molar-refractivity contribution in [2.45, 2.75) is 31.2 Å². The van der Waals surface area contributed by atoms with Crippen LogP contribution in [0, 0.1) is 0 Å². The summed E-state index contributed by atoms with van der Waals surface area (Å²) in [7, 11) is 2.99. The lowest BCUT2D eigenvalue weighted by atomic mass is 10.0. The van der Waals surface area contributed by atoms with Gasteiger partial charge in [0.25, 0.3) is 0 Å². The molecule has 1 N–H and O–H groups in total. The first-order valence-electron chi connectivity index (χ1n) is 14.2. The molecule has 1 aromatic heterocycles. The molecule has 3 atom stereocenters. The second-order valence-corrected chi connectivity index (χ2v) is 10.7. The van der Waals surface area contributed by atoms with Gasteiger partial charge >= 0.3 is 5.97 Å². The maximum atomic E-state index is 14.2. The number of benzene rings is 1. The smallest absolute Gasteiger partial charge is 0.323 e. The quantitative estimate of drug-likeness (QED) is 0.333. The average Bonchev–Trinajstić information content (AvgIpc) is 3.02. The molecule has 2 fully saturated rings. The molecule has 3 heterocycles. The van der Waals surface area contributed by atoms with Crippen LogP contribution in [-0.2, 0) is 35.3 Å². The number of carbonyl (C=O) groups excluding carboxylic acids is 4. The molecule has 0 spiro atoms. The standard InChI is InChI=1S/C30H38N6O7/c1-32(19-22-6-4-3-5-7-22)24(18-26(38)34-14-12-33(13-15-34)23-8-10-31-11-9-23)29(41)36-17-16-35(20-27(39)40)30(42)28(36)25(21-37)43-2/h3-11,21,24-25,28H,12-20H2,1-2H3,(H,39,40)/t24?,25?,28-/m0/s1. The van der Waals surface area contributed by atoms with Crippen LogP contribution in [0.3, 0.4) is 0 Å². The second-order valence-electron chi connectivity index (χ2n) is 10.7. The number of anilines is 1. The fourth-order valence-electron chi connectivity index (χ4n) is 5.61. The van der Waals surface area contributed by atoms with Crippen molar-refractivity contribution in [2.24, 2.45) is 0 Å². The van der Waals surface area contributed by atoms with Crippen LogP contribution in [0.15, 0.2) is 54.9 Å². The number of aldehydes is 1. The van der Waals surface area contributed by atoms with E-state index in [4.69, 9.17) is 4.74 Å². The third-order valence-corrected chi connectivity index (χ3v) is 7.96. The van der Waals surface area contributed by atoms with E-state index in [0.717, 1.165) is 16.2 Å². The van der Waals surface area contributed by atoms with Crippen LogP contribution in [0.5, 0.6) is 0 Å². The van der Waals surface area contributed by atoms with Gasteiger partial charge in [-0.2, -0.15) is 0 Å². The summed E-state index contributed by atoms with van der Waals surface area (Å²) in [6, 6.07) is 11.0. The Bertz CT molecular complexity index is 1270. The van der Waals surface area contributed by atoms with Gasteiger partial charge in [-0.1, -0.05) is 30.3 Å². The number of likely N-dealkylation sites (N-methyl/N-ethyl adjacent to an activating group) is 1.